The summed E-state index contributed by atoms with van der Waals surface area (Å²) in [7, 11) is 5.52. The molecule has 1 fully saturated rings. The summed E-state index contributed by atoms with van der Waals surface area (Å²) < 4.78 is 0. The fourth-order valence-corrected chi connectivity index (χ4v) is 2.64. The van der Waals surface area contributed by atoms with E-state index in [0.29, 0.717) is 17.7 Å². The molecule has 0 bridgehead atoms. The van der Waals surface area contributed by atoms with Crippen LogP contribution in [0.2, 0.25) is 0 Å². The van der Waals surface area contributed by atoms with E-state index in [-0.39, 0.29) is 30.7 Å². The maximum Gasteiger partial charge on any atom is 0.253 e. The van der Waals surface area contributed by atoms with Gasteiger partial charge < -0.3 is 9.80 Å². The van der Waals surface area contributed by atoms with Crippen molar-refractivity contribution in [2.75, 3.05) is 47.3 Å². The number of carbonyl (C=O) groups excluding carboxylic acids is 2. The summed E-state index contributed by atoms with van der Waals surface area (Å²) in [6, 6.07) is 5.13. The molecule has 1 amide bonds. The van der Waals surface area contributed by atoms with Crippen LogP contribution in [0.25, 0.3) is 0 Å². The monoisotopic (exact) mass is 395 g/mol. The van der Waals surface area contributed by atoms with Crippen LogP contribution in [-0.4, -0.2) is 73.2 Å². The summed E-state index contributed by atoms with van der Waals surface area (Å²) in [4.78, 5) is 29.9. The molecule has 1 aliphatic rings. The van der Waals surface area contributed by atoms with Gasteiger partial charge in [-0.25, -0.2) is 0 Å². The van der Waals surface area contributed by atoms with Gasteiger partial charge in [0.05, 0.1) is 0 Å². The molecule has 0 aromatic heterocycles. The number of piperazine rings is 1. The number of likely N-dealkylation sites (N-methyl/N-ethyl adjacent to an activating group) is 1. The lowest BCUT2D eigenvalue weighted by molar-refractivity contribution is 0.0824. The second-order valence-electron chi connectivity index (χ2n) is 5.92. The summed E-state index contributed by atoms with van der Waals surface area (Å²) in [6.07, 6.45) is 0. The summed E-state index contributed by atoms with van der Waals surface area (Å²) in [5.74, 6) is -0.108. The first-order valence-corrected chi connectivity index (χ1v) is 7.71. The molecule has 2 rings (SSSR count). The van der Waals surface area contributed by atoms with E-state index in [0.717, 1.165) is 31.7 Å². The molecule has 136 valence electrons. The number of rotatable bonds is 4. The lowest BCUT2D eigenvalue weighted by Gasteiger charge is -2.32. The van der Waals surface area contributed by atoms with E-state index < -0.39 is 5.24 Å². The Labute approximate surface area is 160 Å². The number of hydrogen-bond donors (Lipinski definition) is 0. The van der Waals surface area contributed by atoms with Gasteiger partial charge in [-0.15, -0.1) is 24.8 Å². The first-order chi connectivity index (χ1) is 10.4. The Hall–Kier alpha value is -0.850. The predicted octanol–water partition coefficient (Wildman–Crippen LogP) is 2.36. The van der Waals surface area contributed by atoms with Crippen LogP contribution in [0.5, 0.6) is 0 Å². The zero-order chi connectivity index (χ0) is 16.3. The molecular formula is C16H24Cl3N3O2. The van der Waals surface area contributed by atoms with Gasteiger partial charge in [-0.3, -0.25) is 14.5 Å². The van der Waals surface area contributed by atoms with Crippen LogP contribution in [0.15, 0.2) is 18.2 Å². The van der Waals surface area contributed by atoms with E-state index in [1.54, 1.807) is 26.2 Å². The smallest absolute Gasteiger partial charge is 0.253 e. The Bertz CT molecular complexity index is 574. The summed E-state index contributed by atoms with van der Waals surface area (Å²) in [5.41, 5.74) is 1.84. The van der Waals surface area contributed by atoms with Gasteiger partial charge in [0, 0.05) is 57.9 Å². The first kappa shape index (κ1) is 23.1. The third kappa shape index (κ3) is 5.90. The number of carbonyl (C=O) groups is 2. The second-order valence-corrected chi connectivity index (χ2v) is 6.27. The van der Waals surface area contributed by atoms with Gasteiger partial charge in [0.15, 0.2) is 0 Å². The van der Waals surface area contributed by atoms with Crippen LogP contribution >= 0.6 is 36.4 Å². The van der Waals surface area contributed by atoms with Crippen molar-refractivity contribution in [1.82, 2.24) is 14.7 Å². The largest absolute Gasteiger partial charge is 0.345 e. The van der Waals surface area contributed by atoms with Gasteiger partial charge in [0.25, 0.3) is 11.1 Å². The standard InChI is InChI=1S/C16H22ClN3O2.2ClH/c1-18(2)16(22)14-10-12(15(17)21)4-5-13(14)11-20-8-6-19(3)7-9-20;;/h4-5,10H,6-9,11H2,1-3H3;2*1H. The lowest BCUT2D eigenvalue weighted by atomic mass is 10.0. The third-order valence-electron chi connectivity index (χ3n) is 3.96. The highest BCUT2D eigenvalue weighted by Crippen LogP contribution is 2.18. The Morgan fingerprint density at radius 2 is 1.71 bits per heavy atom. The highest BCUT2D eigenvalue weighted by atomic mass is 35.5. The van der Waals surface area contributed by atoms with E-state index in [9.17, 15) is 9.59 Å². The van der Waals surface area contributed by atoms with E-state index in [1.165, 1.54) is 4.90 Å². The minimum absolute atomic E-state index is 0. The fraction of sp³-hybridized carbons (Fsp3) is 0.500. The van der Waals surface area contributed by atoms with Gasteiger partial charge >= 0.3 is 0 Å². The van der Waals surface area contributed by atoms with E-state index in [4.69, 9.17) is 11.6 Å². The zero-order valence-corrected chi connectivity index (χ0v) is 16.5. The summed E-state index contributed by atoms with van der Waals surface area (Å²) in [5, 5.41) is -0.543. The van der Waals surface area contributed by atoms with Crippen molar-refractivity contribution >= 4 is 47.6 Å². The molecular weight excluding hydrogens is 373 g/mol. The number of hydrogen-bond acceptors (Lipinski definition) is 4. The zero-order valence-electron chi connectivity index (χ0n) is 14.1. The second kappa shape index (κ2) is 10.2. The molecule has 0 aliphatic carbocycles. The Morgan fingerprint density at radius 1 is 1.12 bits per heavy atom. The van der Waals surface area contributed by atoms with Crippen LogP contribution in [0.4, 0.5) is 0 Å². The molecule has 0 radical (unpaired) electrons. The molecule has 0 atom stereocenters. The molecule has 8 heteroatoms. The van der Waals surface area contributed by atoms with Crippen molar-refractivity contribution < 1.29 is 9.59 Å². The van der Waals surface area contributed by atoms with Gasteiger partial charge in [-0.05, 0) is 36.3 Å². The Morgan fingerprint density at radius 3 is 2.21 bits per heavy atom. The molecule has 5 nitrogen and oxygen atoms in total. The number of benzene rings is 1. The highest BCUT2D eigenvalue weighted by molar-refractivity contribution is 6.67. The van der Waals surface area contributed by atoms with Crippen LogP contribution in [0, 0.1) is 0 Å². The number of amides is 1. The average molecular weight is 397 g/mol. The van der Waals surface area contributed by atoms with Crippen molar-refractivity contribution in [3.8, 4) is 0 Å². The summed E-state index contributed by atoms with van der Waals surface area (Å²) in [6.45, 7) is 4.70. The van der Waals surface area contributed by atoms with Crippen LogP contribution in [-0.2, 0) is 6.54 Å². The molecule has 0 saturated carbocycles. The van der Waals surface area contributed by atoms with E-state index >= 15 is 0 Å². The van der Waals surface area contributed by atoms with E-state index in [2.05, 4.69) is 16.8 Å². The normalized spacial score (nSPS) is 15.2. The van der Waals surface area contributed by atoms with Crippen LogP contribution < -0.4 is 0 Å². The minimum atomic E-state index is -0.543. The van der Waals surface area contributed by atoms with Crippen LogP contribution in [0.3, 0.4) is 0 Å². The van der Waals surface area contributed by atoms with Gasteiger partial charge in [-0.1, -0.05) is 6.07 Å². The van der Waals surface area contributed by atoms with E-state index in [1.807, 2.05) is 6.07 Å². The van der Waals surface area contributed by atoms with Gasteiger partial charge in [0.1, 0.15) is 0 Å². The van der Waals surface area contributed by atoms with Gasteiger partial charge in [-0.2, -0.15) is 0 Å². The quantitative estimate of drug-likeness (QED) is 0.733. The average Bonchev–Trinajstić information content (AvgIpc) is 2.49. The number of halogens is 3. The van der Waals surface area contributed by atoms with Crippen molar-refractivity contribution in [3.63, 3.8) is 0 Å². The van der Waals surface area contributed by atoms with Crippen molar-refractivity contribution in [2.24, 2.45) is 0 Å². The molecule has 1 aliphatic heterocycles. The predicted molar refractivity (Wildman–Crippen MR) is 102 cm³/mol. The number of nitrogens with zero attached hydrogens (tertiary/aromatic N) is 3. The Kier molecular flexibility index (Phi) is 9.85. The molecule has 1 aromatic carbocycles. The fourth-order valence-electron chi connectivity index (χ4n) is 2.52. The molecule has 0 unspecified atom stereocenters. The topological polar surface area (TPSA) is 43.9 Å². The van der Waals surface area contributed by atoms with Gasteiger partial charge in [0.2, 0.25) is 0 Å². The molecule has 0 N–H and O–H groups in total. The van der Waals surface area contributed by atoms with Crippen molar-refractivity contribution in [3.05, 3.63) is 34.9 Å². The molecule has 1 heterocycles. The van der Waals surface area contributed by atoms with Crippen LogP contribution in [0.1, 0.15) is 26.3 Å². The third-order valence-corrected chi connectivity index (χ3v) is 4.18. The first-order valence-electron chi connectivity index (χ1n) is 7.34. The van der Waals surface area contributed by atoms with Crippen molar-refractivity contribution in [2.45, 2.75) is 6.54 Å². The maximum absolute atomic E-state index is 12.4. The highest BCUT2D eigenvalue weighted by Gasteiger charge is 2.20. The molecule has 24 heavy (non-hydrogen) atoms. The minimum Gasteiger partial charge on any atom is -0.345 e. The summed E-state index contributed by atoms with van der Waals surface area (Å²) >= 11 is 5.54. The maximum atomic E-state index is 12.4. The SMILES string of the molecule is CN1CCN(Cc2ccc(C(=O)Cl)cc2C(=O)N(C)C)CC1.Cl.Cl. The van der Waals surface area contributed by atoms with Crippen molar-refractivity contribution in [1.29, 1.82) is 0 Å². The Balaban J connectivity index is 0.00000264. The molecule has 1 saturated heterocycles. The molecule has 0 spiro atoms. The molecule has 1 aromatic rings. The lowest BCUT2D eigenvalue weighted by Crippen LogP contribution is -2.44.